The van der Waals surface area contributed by atoms with Crippen LogP contribution in [0.4, 0.5) is 5.69 Å². The van der Waals surface area contributed by atoms with E-state index >= 15 is 0 Å². The van der Waals surface area contributed by atoms with Gasteiger partial charge in [-0.3, -0.25) is 9.59 Å². The molecular weight excluding hydrogens is 444 g/mol. The molecule has 3 aliphatic rings. The summed E-state index contributed by atoms with van der Waals surface area (Å²) in [7, 11) is 0. The van der Waals surface area contributed by atoms with E-state index in [0.717, 1.165) is 28.8 Å². The maximum absolute atomic E-state index is 12.7. The highest BCUT2D eigenvalue weighted by Crippen LogP contribution is 2.39. The molecule has 0 radical (unpaired) electrons. The molecule has 7 heteroatoms. The number of carbonyl (C=O) groups is 2. The molecule has 180 valence electrons. The number of hydrogen-bond donors (Lipinski definition) is 2. The zero-order valence-corrected chi connectivity index (χ0v) is 20.5. The number of benzene rings is 2. The number of rotatable bonds is 6. The summed E-state index contributed by atoms with van der Waals surface area (Å²) in [4.78, 5) is 32.4. The zero-order valence-electron chi connectivity index (χ0n) is 19.7. The van der Waals surface area contributed by atoms with Crippen LogP contribution in [0.5, 0.6) is 0 Å². The standard InChI is InChI=1S/C27H34N4O2S/c32-26(28-13-6-14-30-17-11-21(12-18-30)31-15-4-1-5-16-31)20-9-10-25-23(19-20)29-27(33)22-7-2-3-8-24(22)34-25/h2-3,7-10,19,21H,1,4-6,11-18H2,(H,28,32)(H,29,33). The van der Waals surface area contributed by atoms with Crippen LogP contribution in [0.2, 0.25) is 0 Å². The summed E-state index contributed by atoms with van der Waals surface area (Å²) in [5.74, 6) is -0.226. The minimum absolute atomic E-state index is 0.0902. The molecule has 3 aliphatic heterocycles. The Kier molecular flexibility index (Phi) is 7.52. The fraction of sp³-hybridized carbons (Fsp3) is 0.481. The van der Waals surface area contributed by atoms with Gasteiger partial charge in [-0.2, -0.15) is 0 Å². The molecule has 0 aromatic heterocycles. The first-order valence-corrected chi connectivity index (χ1v) is 13.5. The molecule has 2 N–H and O–H groups in total. The fourth-order valence-electron chi connectivity index (χ4n) is 5.31. The van der Waals surface area contributed by atoms with E-state index in [1.807, 2.05) is 36.4 Å². The quantitative estimate of drug-likeness (QED) is 0.600. The highest BCUT2D eigenvalue weighted by atomic mass is 32.2. The second kappa shape index (κ2) is 10.9. The number of amides is 2. The number of hydrogen-bond acceptors (Lipinski definition) is 5. The molecular formula is C27H34N4O2S. The fourth-order valence-corrected chi connectivity index (χ4v) is 6.32. The van der Waals surface area contributed by atoms with Gasteiger partial charge in [0.25, 0.3) is 11.8 Å². The van der Waals surface area contributed by atoms with Crippen molar-refractivity contribution in [1.29, 1.82) is 0 Å². The molecule has 2 aromatic rings. The number of nitrogens with zero attached hydrogens (tertiary/aromatic N) is 2. The van der Waals surface area contributed by atoms with Crippen LogP contribution in [-0.4, -0.2) is 66.9 Å². The molecule has 3 heterocycles. The summed E-state index contributed by atoms with van der Waals surface area (Å²) >= 11 is 1.55. The molecule has 2 amide bonds. The molecule has 0 bridgehead atoms. The van der Waals surface area contributed by atoms with E-state index in [-0.39, 0.29) is 11.8 Å². The maximum Gasteiger partial charge on any atom is 0.256 e. The third kappa shape index (κ3) is 5.48. The average molecular weight is 479 g/mol. The summed E-state index contributed by atoms with van der Waals surface area (Å²) in [6, 6.07) is 13.9. The second-order valence-corrected chi connectivity index (χ2v) is 10.6. The Bertz CT molecular complexity index is 1030. The molecule has 6 nitrogen and oxygen atoms in total. The number of piperidine rings is 2. The van der Waals surface area contributed by atoms with Crippen molar-refractivity contribution in [2.75, 3.05) is 44.6 Å². The van der Waals surface area contributed by atoms with Crippen LogP contribution in [-0.2, 0) is 0 Å². The van der Waals surface area contributed by atoms with Crippen molar-refractivity contribution in [2.24, 2.45) is 0 Å². The van der Waals surface area contributed by atoms with Crippen LogP contribution in [0.15, 0.2) is 52.3 Å². The lowest BCUT2D eigenvalue weighted by Crippen LogP contribution is -2.47. The summed E-state index contributed by atoms with van der Waals surface area (Å²) in [5, 5.41) is 6.02. The highest BCUT2D eigenvalue weighted by Gasteiger charge is 2.25. The Morgan fingerprint density at radius 2 is 1.79 bits per heavy atom. The van der Waals surface area contributed by atoms with Gasteiger partial charge in [-0.15, -0.1) is 0 Å². The molecule has 2 aromatic carbocycles. The molecule has 0 saturated carbocycles. The normalized spacial score (nSPS) is 19.6. The van der Waals surface area contributed by atoms with Gasteiger partial charge in [-0.25, -0.2) is 0 Å². The van der Waals surface area contributed by atoms with Crippen LogP contribution in [0.3, 0.4) is 0 Å². The number of likely N-dealkylation sites (tertiary alicyclic amines) is 2. The Hall–Kier alpha value is -2.35. The van der Waals surface area contributed by atoms with Crippen LogP contribution in [0, 0.1) is 0 Å². The molecule has 0 atom stereocenters. The monoisotopic (exact) mass is 478 g/mol. The largest absolute Gasteiger partial charge is 0.352 e. The van der Waals surface area contributed by atoms with Gasteiger partial charge in [0.1, 0.15) is 0 Å². The van der Waals surface area contributed by atoms with Crippen LogP contribution in [0.25, 0.3) is 0 Å². The Morgan fingerprint density at radius 3 is 2.62 bits per heavy atom. The van der Waals surface area contributed by atoms with Gasteiger partial charge in [0.15, 0.2) is 0 Å². The van der Waals surface area contributed by atoms with E-state index in [4.69, 9.17) is 0 Å². The highest BCUT2D eigenvalue weighted by molar-refractivity contribution is 7.99. The van der Waals surface area contributed by atoms with E-state index in [2.05, 4.69) is 20.4 Å². The van der Waals surface area contributed by atoms with Gasteiger partial charge in [0.2, 0.25) is 0 Å². The van der Waals surface area contributed by atoms with E-state index in [0.29, 0.717) is 23.4 Å². The first-order chi connectivity index (χ1) is 16.7. The van der Waals surface area contributed by atoms with Gasteiger partial charge in [-0.05, 0) is 95.2 Å². The van der Waals surface area contributed by atoms with Crippen molar-refractivity contribution in [3.05, 3.63) is 53.6 Å². The van der Waals surface area contributed by atoms with E-state index in [1.54, 1.807) is 17.8 Å². The van der Waals surface area contributed by atoms with E-state index < -0.39 is 0 Å². The van der Waals surface area contributed by atoms with Crippen molar-refractivity contribution in [2.45, 2.75) is 54.4 Å². The van der Waals surface area contributed by atoms with E-state index in [9.17, 15) is 9.59 Å². The number of anilines is 1. The molecule has 5 rings (SSSR count). The summed E-state index contributed by atoms with van der Waals surface area (Å²) in [6.45, 7) is 6.60. The predicted molar refractivity (Wildman–Crippen MR) is 137 cm³/mol. The third-order valence-electron chi connectivity index (χ3n) is 7.24. The predicted octanol–water partition coefficient (Wildman–Crippen LogP) is 4.47. The van der Waals surface area contributed by atoms with Crippen LogP contribution in [0.1, 0.15) is 59.2 Å². The minimum Gasteiger partial charge on any atom is -0.352 e. The smallest absolute Gasteiger partial charge is 0.256 e. The van der Waals surface area contributed by atoms with Crippen molar-refractivity contribution < 1.29 is 9.59 Å². The summed E-state index contributed by atoms with van der Waals surface area (Å²) in [6.07, 6.45) is 7.62. The van der Waals surface area contributed by atoms with Gasteiger partial charge in [0.05, 0.1) is 11.3 Å². The van der Waals surface area contributed by atoms with E-state index in [1.165, 1.54) is 58.3 Å². The minimum atomic E-state index is -0.136. The Morgan fingerprint density at radius 1 is 1.00 bits per heavy atom. The summed E-state index contributed by atoms with van der Waals surface area (Å²) in [5.41, 5.74) is 1.93. The first-order valence-electron chi connectivity index (χ1n) is 12.6. The van der Waals surface area contributed by atoms with Crippen LogP contribution >= 0.6 is 11.8 Å². The Labute approximate surface area is 206 Å². The molecule has 0 unspecified atom stereocenters. The number of nitrogens with one attached hydrogen (secondary N) is 2. The lowest BCUT2D eigenvalue weighted by Gasteiger charge is -2.40. The van der Waals surface area contributed by atoms with Crippen LogP contribution < -0.4 is 10.6 Å². The third-order valence-corrected chi connectivity index (χ3v) is 8.39. The topological polar surface area (TPSA) is 64.7 Å². The second-order valence-electron chi connectivity index (χ2n) is 9.54. The van der Waals surface area contributed by atoms with Crippen molar-refractivity contribution >= 4 is 29.3 Å². The summed E-state index contributed by atoms with van der Waals surface area (Å²) < 4.78 is 0. The first kappa shape index (κ1) is 23.4. The van der Waals surface area contributed by atoms with Crippen molar-refractivity contribution in [1.82, 2.24) is 15.1 Å². The lowest BCUT2D eigenvalue weighted by molar-refractivity contribution is 0.0902. The van der Waals surface area contributed by atoms with Gasteiger partial charge >= 0.3 is 0 Å². The lowest BCUT2D eigenvalue weighted by atomic mass is 10.00. The van der Waals surface area contributed by atoms with Crippen molar-refractivity contribution in [3.63, 3.8) is 0 Å². The molecule has 34 heavy (non-hydrogen) atoms. The molecule has 2 saturated heterocycles. The molecule has 0 spiro atoms. The average Bonchev–Trinajstić information content (AvgIpc) is 3.02. The van der Waals surface area contributed by atoms with Gasteiger partial charge in [-0.1, -0.05) is 30.3 Å². The molecule has 2 fully saturated rings. The Balaban J connectivity index is 1.07. The SMILES string of the molecule is O=C(NCCCN1CCC(N2CCCCC2)CC1)c1ccc2c(c1)NC(=O)c1ccccc1S2. The molecule has 0 aliphatic carbocycles. The van der Waals surface area contributed by atoms with Crippen molar-refractivity contribution in [3.8, 4) is 0 Å². The zero-order chi connectivity index (χ0) is 23.3. The van der Waals surface area contributed by atoms with Gasteiger partial charge in [0, 0.05) is 27.9 Å². The maximum atomic E-state index is 12.7. The number of fused-ring (bicyclic) bond motifs is 2. The number of carbonyl (C=O) groups excluding carboxylic acids is 2. The van der Waals surface area contributed by atoms with Gasteiger partial charge < -0.3 is 20.4 Å².